The summed E-state index contributed by atoms with van der Waals surface area (Å²) in [6, 6.07) is 9.16. The van der Waals surface area contributed by atoms with Gasteiger partial charge < -0.3 is 15.2 Å². The third-order valence-corrected chi connectivity index (χ3v) is 5.52. The molecule has 0 amide bonds. The van der Waals surface area contributed by atoms with Crippen molar-refractivity contribution in [2.75, 3.05) is 12.4 Å². The van der Waals surface area contributed by atoms with Crippen LogP contribution in [0.2, 0.25) is 10.0 Å². The summed E-state index contributed by atoms with van der Waals surface area (Å²) in [5.41, 5.74) is 1.92. The zero-order valence-electron chi connectivity index (χ0n) is 15.8. The third-order valence-electron chi connectivity index (χ3n) is 4.97. The van der Waals surface area contributed by atoms with Crippen LogP contribution in [-0.2, 0) is 0 Å². The molecule has 12 heteroatoms. The Hall–Kier alpha value is -3.63. The number of fused-ring (bicyclic) bond motifs is 2. The van der Waals surface area contributed by atoms with E-state index in [0.29, 0.717) is 32.4 Å². The monoisotopic (exact) mass is 457 g/mol. The minimum Gasteiger partial charge on any atom is -0.504 e. The number of ether oxygens (including phenoxy) is 1. The van der Waals surface area contributed by atoms with Crippen LogP contribution in [0.15, 0.2) is 41.2 Å². The quantitative estimate of drug-likeness (QED) is 0.376. The number of aromatic nitrogens is 6. The van der Waals surface area contributed by atoms with E-state index < -0.39 is 11.6 Å². The van der Waals surface area contributed by atoms with Crippen LogP contribution in [0.3, 0.4) is 0 Å². The second-order valence-electron chi connectivity index (χ2n) is 6.72. The van der Waals surface area contributed by atoms with Gasteiger partial charge in [0.05, 0.1) is 12.1 Å². The van der Waals surface area contributed by atoms with Gasteiger partial charge in [-0.1, -0.05) is 34.4 Å². The average molecular weight is 458 g/mol. The first kappa shape index (κ1) is 19.3. The molecule has 0 spiro atoms. The number of nitrogens with one attached hydrogen (secondary N) is 2. The van der Waals surface area contributed by atoms with E-state index in [2.05, 4.69) is 31.0 Å². The summed E-state index contributed by atoms with van der Waals surface area (Å²) in [6.45, 7) is 0. The highest BCUT2D eigenvalue weighted by Gasteiger charge is 2.35. The molecule has 5 rings (SSSR count). The molecule has 0 unspecified atom stereocenters. The third kappa shape index (κ3) is 3.07. The highest BCUT2D eigenvalue weighted by molar-refractivity contribution is 6.36. The van der Waals surface area contributed by atoms with Crippen LogP contribution >= 0.6 is 23.2 Å². The zero-order chi connectivity index (χ0) is 21.7. The Balaban J connectivity index is 1.83. The lowest BCUT2D eigenvalue weighted by Crippen LogP contribution is -2.29. The normalized spacial score (nSPS) is 14.5. The van der Waals surface area contributed by atoms with Crippen molar-refractivity contribution in [2.24, 2.45) is 0 Å². The number of rotatable bonds is 3. The zero-order valence-corrected chi connectivity index (χ0v) is 17.3. The largest absolute Gasteiger partial charge is 0.504 e. The number of benzene rings is 2. The number of hydrogen-bond donors (Lipinski definition) is 3. The Bertz CT molecular complexity index is 1390. The lowest BCUT2D eigenvalue weighted by Gasteiger charge is -2.28. The number of phenolic OH excluding ortho intramolecular Hbond substituents is 1. The van der Waals surface area contributed by atoms with Crippen molar-refractivity contribution in [3.05, 3.63) is 67.9 Å². The molecule has 2 aromatic heterocycles. The molecule has 31 heavy (non-hydrogen) atoms. The molecule has 1 aliphatic heterocycles. The van der Waals surface area contributed by atoms with Gasteiger partial charge in [-0.3, -0.25) is 4.79 Å². The summed E-state index contributed by atoms with van der Waals surface area (Å²) in [5.74, 6) is 0.507. The maximum atomic E-state index is 12.7. The van der Waals surface area contributed by atoms with Crippen LogP contribution in [-0.4, -0.2) is 42.6 Å². The summed E-state index contributed by atoms with van der Waals surface area (Å²) >= 11 is 12.5. The number of methoxy groups -OCH3 is 1. The smallest absolute Gasteiger partial charge is 0.288 e. The van der Waals surface area contributed by atoms with Crippen molar-refractivity contribution < 1.29 is 9.84 Å². The summed E-state index contributed by atoms with van der Waals surface area (Å²) < 4.78 is 6.78. The maximum absolute atomic E-state index is 12.7. The standard InChI is InChI=1S/C19H13Cl2N7O3/c1-31-13-6-8(2-5-12(13)29)17-14-15(10-4-3-9(20)7-11(10)21)23-24-18(30)16(14)22-19-25-26-27-28(17)19/h2-7,17,29H,1H3,(H,24,30)(H,22,25,27)/t17-/m1/s1. The van der Waals surface area contributed by atoms with E-state index in [1.165, 1.54) is 17.9 Å². The Morgan fingerprint density at radius 1 is 1.19 bits per heavy atom. The van der Waals surface area contributed by atoms with Gasteiger partial charge in [0.25, 0.3) is 5.56 Å². The molecule has 0 saturated carbocycles. The molecule has 1 atom stereocenters. The van der Waals surface area contributed by atoms with Gasteiger partial charge in [0.1, 0.15) is 17.4 Å². The number of aromatic amines is 1. The number of nitrogens with zero attached hydrogens (tertiary/aromatic N) is 5. The molecule has 10 nitrogen and oxygen atoms in total. The number of hydrogen-bond acceptors (Lipinski definition) is 8. The number of anilines is 2. The molecule has 0 bridgehead atoms. The lowest BCUT2D eigenvalue weighted by molar-refractivity contribution is 0.372. The maximum Gasteiger partial charge on any atom is 0.288 e. The molecule has 1 aliphatic rings. The second-order valence-corrected chi connectivity index (χ2v) is 7.56. The van der Waals surface area contributed by atoms with Crippen molar-refractivity contribution in [2.45, 2.75) is 6.04 Å². The molecular formula is C19H13Cl2N7O3. The topological polar surface area (TPSA) is 131 Å². The number of tetrazole rings is 1. The van der Waals surface area contributed by atoms with E-state index in [4.69, 9.17) is 27.9 Å². The highest BCUT2D eigenvalue weighted by Crippen LogP contribution is 2.44. The van der Waals surface area contributed by atoms with Gasteiger partial charge in [-0.25, -0.2) is 5.10 Å². The Labute approximate surface area is 184 Å². The van der Waals surface area contributed by atoms with Crippen molar-refractivity contribution in [1.82, 2.24) is 30.4 Å². The van der Waals surface area contributed by atoms with Crippen LogP contribution in [0.5, 0.6) is 11.5 Å². The summed E-state index contributed by atoms with van der Waals surface area (Å²) in [7, 11) is 1.45. The predicted molar refractivity (Wildman–Crippen MR) is 113 cm³/mol. The SMILES string of the molecule is COc1cc([C@@H]2c3c(-c4ccc(Cl)cc4Cl)n[nH]c(=O)c3Nc3nnnn32)ccc1O. The molecule has 2 aromatic carbocycles. The first-order chi connectivity index (χ1) is 15.0. The average Bonchev–Trinajstić information content (AvgIpc) is 3.22. The lowest BCUT2D eigenvalue weighted by atomic mass is 9.92. The molecule has 0 radical (unpaired) electrons. The van der Waals surface area contributed by atoms with E-state index in [-0.39, 0.29) is 23.1 Å². The van der Waals surface area contributed by atoms with Crippen molar-refractivity contribution in [1.29, 1.82) is 0 Å². The molecule has 0 saturated heterocycles. The minimum absolute atomic E-state index is 0.0256. The number of phenols is 1. The number of halogens is 2. The van der Waals surface area contributed by atoms with E-state index in [0.717, 1.165) is 0 Å². The van der Waals surface area contributed by atoms with Gasteiger partial charge in [-0.05, 0) is 46.3 Å². The second kappa shape index (κ2) is 7.25. The summed E-state index contributed by atoms with van der Waals surface area (Å²) in [5, 5.41) is 32.4. The fourth-order valence-corrected chi connectivity index (χ4v) is 4.09. The van der Waals surface area contributed by atoms with Gasteiger partial charge in [-0.2, -0.15) is 9.78 Å². The molecule has 3 N–H and O–H groups in total. The van der Waals surface area contributed by atoms with Gasteiger partial charge >= 0.3 is 0 Å². The van der Waals surface area contributed by atoms with Crippen LogP contribution < -0.4 is 15.6 Å². The van der Waals surface area contributed by atoms with Crippen LogP contribution in [0.1, 0.15) is 17.2 Å². The van der Waals surface area contributed by atoms with Crippen molar-refractivity contribution in [3.8, 4) is 22.8 Å². The van der Waals surface area contributed by atoms with Gasteiger partial charge in [0.2, 0.25) is 5.95 Å². The molecule has 0 fully saturated rings. The first-order valence-electron chi connectivity index (χ1n) is 8.97. The minimum atomic E-state index is -0.660. The fraction of sp³-hybridized carbons (Fsp3) is 0.105. The Kier molecular flexibility index (Phi) is 4.53. The fourth-order valence-electron chi connectivity index (χ4n) is 3.60. The molecular weight excluding hydrogens is 445 g/mol. The van der Waals surface area contributed by atoms with E-state index >= 15 is 0 Å². The van der Waals surface area contributed by atoms with Crippen LogP contribution in [0.25, 0.3) is 11.3 Å². The van der Waals surface area contributed by atoms with Gasteiger partial charge in [-0.15, -0.1) is 0 Å². The van der Waals surface area contributed by atoms with Crippen molar-refractivity contribution in [3.63, 3.8) is 0 Å². The molecule has 156 valence electrons. The molecule has 3 heterocycles. The van der Waals surface area contributed by atoms with E-state index in [9.17, 15) is 9.90 Å². The van der Waals surface area contributed by atoms with Crippen LogP contribution in [0.4, 0.5) is 11.6 Å². The highest BCUT2D eigenvalue weighted by atomic mass is 35.5. The number of aromatic hydroxyl groups is 1. The Morgan fingerprint density at radius 3 is 2.81 bits per heavy atom. The van der Waals surface area contributed by atoms with Gasteiger partial charge in [0.15, 0.2) is 11.5 Å². The van der Waals surface area contributed by atoms with E-state index in [1.807, 2.05) is 0 Å². The summed E-state index contributed by atoms with van der Waals surface area (Å²) in [6.07, 6.45) is 0. The number of H-pyrrole nitrogens is 1. The van der Waals surface area contributed by atoms with Crippen molar-refractivity contribution >= 4 is 34.8 Å². The van der Waals surface area contributed by atoms with Gasteiger partial charge in [0, 0.05) is 16.1 Å². The first-order valence-corrected chi connectivity index (χ1v) is 9.73. The summed E-state index contributed by atoms with van der Waals surface area (Å²) in [4.78, 5) is 12.7. The molecule has 0 aliphatic carbocycles. The van der Waals surface area contributed by atoms with E-state index in [1.54, 1.807) is 30.3 Å². The Morgan fingerprint density at radius 2 is 2.03 bits per heavy atom. The predicted octanol–water partition coefficient (Wildman–Crippen LogP) is 3.14. The molecule has 4 aromatic rings. The van der Waals surface area contributed by atoms with Crippen LogP contribution in [0, 0.1) is 0 Å².